The topological polar surface area (TPSA) is 55.4 Å². The fraction of sp³-hybridized carbons (Fsp3) is 0.571. The van der Waals surface area contributed by atoms with E-state index in [1.165, 1.54) is 19.2 Å². The maximum absolute atomic E-state index is 13.3. The van der Waals surface area contributed by atoms with Gasteiger partial charge in [0.05, 0.1) is 12.0 Å². The fourth-order valence-corrected chi connectivity index (χ4v) is 3.96. The van der Waals surface area contributed by atoms with Gasteiger partial charge in [0, 0.05) is 12.1 Å². The molecular formula is C14H20FNO3S. The van der Waals surface area contributed by atoms with Gasteiger partial charge in [0.25, 0.3) is 0 Å². The molecule has 1 fully saturated rings. The smallest absolute Gasteiger partial charge is 0.240 e. The van der Waals surface area contributed by atoms with Gasteiger partial charge in [0.15, 0.2) is 11.6 Å². The molecule has 20 heavy (non-hydrogen) atoms. The minimum absolute atomic E-state index is 0.0357. The van der Waals surface area contributed by atoms with Crippen molar-refractivity contribution < 1.29 is 17.5 Å². The van der Waals surface area contributed by atoms with Crippen molar-refractivity contribution in [3.05, 3.63) is 24.0 Å². The summed E-state index contributed by atoms with van der Waals surface area (Å²) in [5.41, 5.74) is 0. The number of rotatable bonds is 4. The molecule has 1 aromatic rings. The SMILES string of the molecule is COc1cc(S(=O)(=O)N[C@H]2CCCC[C@H]2C)ccc1F. The minimum Gasteiger partial charge on any atom is -0.494 e. The Hall–Kier alpha value is -1.14. The van der Waals surface area contributed by atoms with Gasteiger partial charge in [0.1, 0.15) is 0 Å². The first kappa shape index (κ1) is 15.3. The number of methoxy groups -OCH3 is 1. The molecule has 0 unspecified atom stereocenters. The van der Waals surface area contributed by atoms with Crippen LogP contribution >= 0.6 is 0 Å². The minimum atomic E-state index is -3.64. The lowest BCUT2D eigenvalue weighted by Gasteiger charge is -2.29. The van der Waals surface area contributed by atoms with Gasteiger partial charge in [-0.3, -0.25) is 0 Å². The Morgan fingerprint density at radius 2 is 2.00 bits per heavy atom. The van der Waals surface area contributed by atoms with E-state index in [0.29, 0.717) is 5.92 Å². The van der Waals surface area contributed by atoms with Gasteiger partial charge in [-0.1, -0.05) is 19.8 Å². The van der Waals surface area contributed by atoms with Crippen molar-refractivity contribution in [2.45, 2.75) is 43.5 Å². The van der Waals surface area contributed by atoms with E-state index in [1.54, 1.807) is 0 Å². The van der Waals surface area contributed by atoms with Crippen LogP contribution in [-0.4, -0.2) is 21.6 Å². The molecule has 4 nitrogen and oxygen atoms in total. The summed E-state index contributed by atoms with van der Waals surface area (Å²) in [6.45, 7) is 2.05. The molecule has 2 atom stereocenters. The second kappa shape index (κ2) is 6.10. The third-order valence-corrected chi connectivity index (χ3v) is 5.34. The van der Waals surface area contributed by atoms with E-state index in [1.807, 2.05) is 0 Å². The number of nitrogens with one attached hydrogen (secondary N) is 1. The van der Waals surface area contributed by atoms with Crippen LogP contribution < -0.4 is 9.46 Å². The van der Waals surface area contributed by atoms with Crippen LogP contribution in [0.1, 0.15) is 32.6 Å². The van der Waals surface area contributed by atoms with E-state index < -0.39 is 15.8 Å². The van der Waals surface area contributed by atoms with Crippen LogP contribution in [0.4, 0.5) is 4.39 Å². The van der Waals surface area contributed by atoms with Crippen LogP contribution in [0.3, 0.4) is 0 Å². The average Bonchev–Trinajstić information content (AvgIpc) is 2.41. The second-order valence-electron chi connectivity index (χ2n) is 5.29. The molecule has 0 aromatic heterocycles. The monoisotopic (exact) mass is 301 g/mol. The molecule has 0 bridgehead atoms. The first-order chi connectivity index (χ1) is 9.44. The summed E-state index contributed by atoms with van der Waals surface area (Å²) in [5.74, 6) is -0.317. The lowest BCUT2D eigenvalue weighted by Crippen LogP contribution is -2.40. The number of hydrogen-bond donors (Lipinski definition) is 1. The van der Waals surface area contributed by atoms with Crippen molar-refractivity contribution in [2.75, 3.05) is 7.11 Å². The van der Waals surface area contributed by atoms with Crippen LogP contribution in [0.5, 0.6) is 5.75 Å². The summed E-state index contributed by atoms with van der Waals surface area (Å²) in [6.07, 6.45) is 4.05. The highest BCUT2D eigenvalue weighted by Crippen LogP contribution is 2.26. The number of ether oxygens (including phenoxy) is 1. The summed E-state index contributed by atoms with van der Waals surface area (Å²) >= 11 is 0. The van der Waals surface area contributed by atoms with Crippen LogP contribution in [-0.2, 0) is 10.0 Å². The fourth-order valence-electron chi connectivity index (χ4n) is 2.57. The molecule has 2 rings (SSSR count). The van der Waals surface area contributed by atoms with Gasteiger partial charge in [-0.25, -0.2) is 17.5 Å². The highest BCUT2D eigenvalue weighted by atomic mass is 32.2. The van der Waals surface area contributed by atoms with Crippen LogP contribution in [0, 0.1) is 11.7 Å². The zero-order valence-electron chi connectivity index (χ0n) is 11.7. The van der Waals surface area contributed by atoms with Crippen molar-refractivity contribution in [1.29, 1.82) is 0 Å². The molecule has 6 heteroatoms. The third-order valence-electron chi connectivity index (χ3n) is 3.85. The lowest BCUT2D eigenvalue weighted by atomic mass is 9.87. The molecule has 0 spiro atoms. The molecule has 0 radical (unpaired) electrons. The molecule has 0 saturated heterocycles. The van der Waals surface area contributed by atoms with Gasteiger partial charge >= 0.3 is 0 Å². The Balaban J connectivity index is 2.21. The van der Waals surface area contributed by atoms with Crippen LogP contribution in [0.2, 0.25) is 0 Å². The Bertz CT molecular complexity index is 574. The van der Waals surface area contributed by atoms with Gasteiger partial charge in [0.2, 0.25) is 10.0 Å². The average molecular weight is 301 g/mol. The van der Waals surface area contributed by atoms with E-state index in [0.717, 1.165) is 31.7 Å². The molecule has 112 valence electrons. The highest BCUT2D eigenvalue weighted by molar-refractivity contribution is 7.89. The Morgan fingerprint density at radius 1 is 1.30 bits per heavy atom. The van der Waals surface area contributed by atoms with E-state index in [4.69, 9.17) is 4.74 Å². The van der Waals surface area contributed by atoms with Gasteiger partial charge in [-0.2, -0.15) is 0 Å². The molecule has 1 saturated carbocycles. The molecule has 0 heterocycles. The van der Waals surface area contributed by atoms with E-state index >= 15 is 0 Å². The van der Waals surface area contributed by atoms with Crippen molar-refractivity contribution >= 4 is 10.0 Å². The van der Waals surface area contributed by atoms with Crippen LogP contribution in [0.25, 0.3) is 0 Å². The normalized spacial score (nSPS) is 23.6. The summed E-state index contributed by atoms with van der Waals surface area (Å²) in [5, 5.41) is 0. The Labute approximate surface area is 119 Å². The number of hydrogen-bond acceptors (Lipinski definition) is 3. The Morgan fingerprint density at radius 3 is 2.65 bits per heavy atom. The van der Waals surface area contributed by atoms with Crippen LogP contribution in [0.15, 0.2) is 23.1 Å². The third kappa shape index (κ3) is 3.30. The van der Waals surface area contributed by atoms with E-state index in [9.17, 15) is 12.8 Å². The molecule has 1 aliphatic rings. The van der Waals surface area contributed by atoms with E-state index in [-0.39, 0.29) is 16.7 Å². The van der Waals surface area contributed by atoms with Crippen molar-refractivity contribution in [3.63, 3.8) is 0 Å². The molecular weight excluding hydrogens is 281 g/mol. The zero-order chi connectivity index (χ0) is 14.8. The number of benzene rings is 1. The van der Waals surface area contributed by atoms with Crippen molar-refractivity contribution in [1.82, 2.24) is 4.72 Å². The predicted octanol–water partition coefficient (Wildman–Crippen LogP) is 2.69. The lowest BCUT2D eigenvalue weighted by molar-refractivity contribution is 0.310. The highest BCUT2D eigenvalue weighted by Gasteiger charge is 2.27. The summed E-state index contributed by atoms with van der Waals surface area (Å²) in [7, 11) is -2.33. The van der Waals surface area contributed by atoms with Gasteiger partial charge in [-0.15, -0.1) is 0 Å². The van der Waals surface area contributed by atoms with Gasteiger partial charge < -0.3 is 4.74 Å². The summed E-state index contributed by atoms with van der Waals surface area (Å²) < 4.78 is 45.6. The molecule has 0 aliphatic heterocycles. The summed E-state index contributed by atoms with van der Waals surface area (Å²) in [6, 6.07) is 3.53. The largest absolute Gasteiger partial charge is 0.494 e. The van der Waals surface area contributed by atoms with Crippen molar-refractivity contribution in [3.8, 4) is 5.75 Å². The predicted molar refractivity (Wildman–Crippen MR) is 74.7 cm³/mol. The first-order valence-electron chi connectivity index (χ1n) is 6.80. The maximum atomic E-state index is 13.3. The second-order valence-corrected chi connectivity index (χ2v) is 7.00. The number of sulfonamides is 1. The quantitative estimate of drug-likeness (QED) is 0.930. The number of halogens is 1. The Kier molecular flexibility index (Phi) is 4.65. The molecule has 1 N–H and O–H groups in total. The molecule has 1 aliphatic carbocycles. The standard InChI is InChI=1S/C14H20FNO3S/c1-10-5-3-4-6-13(10)16-20(17,18)11-7-8-12(15)14(9-11)19-2/h7-10,13,16H,3-6H2,1-2H3/t10-,13+/m1/s1. The maximum Gasteiger partial charge on any atom is 0.240 e. The van der Waals surface area contributed by atoms with E-state index in [2.05, 4.69) is 11.6 Å². The first-order valence-corrected chi connectivity index (χ1v) is 8.28. The van der Waals surface area contributed by atoms with Crippen molar-refractivity contribution in [2.24, 2.45) is 5.92 Å². The van der Waals surface area contributed by atoms with Gasteiger partial charge in [-0.05, 0) is 30.9 Å². The molecule has 0 amide bonds. The summed E-state index contributed by atoms with van der Waals surface area (Å²) in [4.78, 5) is 0.0357. The molecule has 1 aromatic carbocycles. The zero-order valence-corrected chi connectivity index (χ0v) is 12.5.